The summed E-state index contributed by atoms with van der Waals surface area (Å²) in [4.78, 5) is 25.0. The van der Waals surface area contributed by atoms with E-state index in [1.807, 2.05) is 29.2 Å². The van der Waals surface area contributed by atoms with Crippen LogP contribution in [-0.2, 0) is 6.54 Å². The van der Waals surface area contributed by atoms with Crippen LogP contribution >= 0.6 is 0 Å². The highest BCUT2D eigenvalue weighted by atomic mass is 19.1. The Balaban J connectivity index is 2.21. The number of ether oxygens (including phenoxy) is 2. The third-order valence-electron chi connectivity index (χ3n) is 3.77. The van der Waals surface area contributed by atoms with Crippen molar-refractivity contribution in [3.63, 3.8) is 0 Å². The van der Waals surface area contributed by atoms with E-state index in [0.717, 1.165) is 21.5 Å². The highest BCUT2D eigenvalue weighted by Crippen LogP contribution is 2.36. The lowest BCUT2D eigenvalue weighted by molar-refractivity contribution is 0.404. The molecule has 0 aliphatic heterocycles. The Labute approximate surface area is 136 Å². The van der Waals surface area contributed by atoms with Crippen LogP contribution in [0.3, 0.4) is 0 Å². The molecule has 0 unspecified atom stereocenters. The van der Waals surface area contributed by atoms with Gasteiger partial charge >= 0.3 is 5.69 Å². The molecule has 0 bridgehead atoms. The van der Waals surface area contributed by atoms with Crippen molar-refractivity contribution in [3.05, 3.63) is 68.7 Å². The number of methoxy groups -OCH3 is 2. The monoisotopic (exact) mass is 330 g/mol. The zero-order chi connectivity index (χ0) is 17.3. The van der Waals surface area contributed by atoms with Gasteiger partial charge in [0.05, 0.1) is 27.0 Å². The molecule has 7 heteroatoms. The van der Waals surface area contributed by atoms with Crippen molar-refractivity contribution < 1.29 is 13.9 Å². The first-order valence-electron chi connectivity index (χ1n) is 7.17. The van der Waals surface area contributed by atoms with Gasteiger partial charge in [0.15, 0.2) is 0 Å². The second-order valence-electron chi connectivity index (χ2n) is 5.18. The van der Waals surface area contributed by atoms with Crippen molar-refractivity contribution >= 4 is 10.8 Å². The summed E-state index contributed by atoms with van der Waals surface area (Å²) in [6.45, 7) is 0.0247. The molecule has 0 radical (unpaired) electrons. The number of nitrogens with one attached hydrogen (secondary N) is 1. The summed E-state index contributed by atoms with van der Waals surface area (Å²) in [5.41, 5.74) is -1.11. The predicted molar refractivity (Wildman–Crippen MR) is 87.4 cm³/mol. The lowest BCUT2D eigenvalue weighted by atomic mass is 10.0. The molecule has 2 aromatic carbocycles. The zero-order valence-electron chi connectivity index (χ0n) is 13.1. The van der Waals surface area contributed by atoms with Gasteiger partial charge in [-0.3, -0.25) is 14.3 Å². The smallest absolute Gasteiger partial charge is 0.328 e. The van der Waals surface area contributed by atoms with E-state index in [0.29, 0.717) is 17.1 Å². The Morgan fingerprint density at radius 1 is 1.12 bits per heavy atom. The highest BCUT2D eigenvalue weighted by molar-refractivity contribution is 5.94. The molecule has 0 aliphatic rings. The van der Waals surface area contributed by atoms with Crippen LogP contribution in [-0.4, -0.2) is 23.8 Å². The highest BCUT2D eigenvalue weighted by Gasteiger charge is 2.14. The fourth-order valence-electron chi connectivity index (χ4n) is 2.68. The molecule has 6 nitrogen and oxygen atoms in total. The van der Waals surface area contributed by atoms with E-state index in [4.69, 9.17) is 9.47 Å². The third-order valence-corrected chi connectivity index (χ3v) is 3.77. The molecule has 1 aromatic heterocycles. The van der Waals surface area contributed by atoms with Crippen LogP contribution in [0.25, 0.3) is 10.8 Å². The molecule has 1 N–H and O–H groups in total. The number of halogens is 1. The maximum Gasteiger partial charge on any atom is 0.328 e. The molecule has 0 fully saturated rings. The Morgan fingerprint density at radius 3 is 2.50 bits per heavy atom. The fraction of sp³-hybridized carbons (Fsp3) is 0.176. The molecule has 1 heterocycles. The van der Waals surface area contributed by atoms with Crippen molar-refractivity contribution in [2.45, 2.75) is 6.54 Å². The number of fused-ring (bicyclic) bond motifs is 1. The largest absolute Gasteiger partial charge is 0.496 e. The van der Waals surface area contributed by atoms with E-state index >= 15 is 0 Å². The van der Waals surface area contributed by atoms with Crippen LogP contribution in [0.15, 0.2) is 46.1 Å². The van der Waals surface area contributed by atoms with Gasteiger partial charge in [0.2, 0.25) is 5.82 Å². The Bertz CT molecular complexity index is 1020. The normalized spacial score (nSPS) is 10.8. The van der Waals surface area contributed by atoms with Crippen molar-refractivity contribution in [2.24, 2.45) is 0 Å². The molecule has 0 aliphatic carbocycles. The molecule has 3 rings (SSSR count). The fourth-order valence-corrected chi connectivity index (χ4v) is 2.68. The van der Waals surface area contributed by atoms with Gasteiger partial charge in [-0.25, -0.2) is 4.79 Å². The minimum Gasteiger partial charge on any atom is -0.496 e. The SMILES string of the molecule is COc1cc(Cn2cc(F)c(=O)[nH]c2=O)c(OC)c2ccccc12. The van der Waals surface area contributed by atoms with Gasteiger partial charge < -0.3 is 9.47 Å². The van der Waals surface area contributed by atoms with E-state index in [9.17, 15) is 14.0 Å². The number of H-pyrrole nitrogens is 1. The van der Waals surface area contributed by atoms with Crippen LogP contribution in [0, 0.1) is 5.82 Å². The number of aromatic nitrogens is 2. The number of hydrogen-bond donors (Lipinski definition) is 1. The second-order valence-corrected chi connectivity index (χ2v) is 5.18. The molecule has 0 saturated heterocycles. The average Bonchev–Trinajstić information content (AvgIpc) is 2.58. The standard InChI is InChI=1S/C17H15FN2O4/c1-23-14-7-10(8-20-9-13(18)16(21)19-17(20)22)15(24-2)12-6-4-3-5-11(12)14/h3-7,9H,8H2,1-2H3,(H,19,21,22). The molecule has 124 valence electrons. The van der Waals surface area contributed by atoms with Crippen LogP contribution < -0.4 is 20.7 Å². The minimum atomic E-state index is -1.04. The molecule has 0 atom stereocenters. The quantitative estimate of drug-likeness (QED) is 0.793. The van der Waals surface area contributed by atoms with Gasteiger partial charge in [0.25, 0.3) is 5.56 Å². The summed E-state index contributed by atoms with van der Waals surface area (Å²) in [5, 5.41) is 1.67. The molecular formula is C17H15FN2O4. The van der Waals surface area contributed by atoms with E-state index in [2.05, 4.69) is 0 Å². The summed E-state index contributed by atoms with van der Waals surface area (Å²) in [6, 6.07) is 9.24. The second kappa shape index (κ2) is 6.19. The lowest BCUT2D eigenvalue weighted by Gasteiger charge is -2.15. The maximum atomic E-state index is 13.5. The number of benzene rings is 2. The molecule has 24 heavy (non-hydrogen) atoms. The zero-order valence-corrected chi connectivity index (χ0v) is 13.1. The van der Waals surface area contributed by atoms with Crippen molar-refractivity contribution in [1.82, 2.24) is 9.55 Å². The van der Waals surface area contributed by atoms with Gasteiger partial charge in [-0.05, 0) is 6.07 Å². The van der Waals surface area contributed by atoms with Crippen LogP contribution in [0.1, 0.15) is 5.56 Å². The number of aromatic amines is 1. The molecule has 0 saturated carbocycles. The Morgan fingerprint density at radius 2 is 1.83 bits per heavy atom. The van der Waals surface area contributed by atoms with Gasteiger partial charge in [-0.15, -0.1) is 0 Å². The van der Waals surface area contributed by atoms with E-state index in [1.165, 1.54) is 7.11 Å². The van der Waals surface area contributed by atoms with Crippen LogP contribution in [0.4, 0.5) is 4.39 Å². The van der Waals surface area contributed by atoms with Crippen LogP contribution in [0.5, 0.6) is 11.5 Å². The topological polar surface area (TPSA) is 73.3 Å². The predicted octanol–water partition coefficient (Wildman–Crippen LogP) is 1.89. The van der Waals surface area contributed by atoms with E-state index in [1.54, 1.807) is 13.2 Å². The summed E-state index contributed by atoms with van der Waals surface area (Å²) in [7, 11) is 3.07. The molecule has 0 spiro atoms. The number of nitrogens with zero attached hydrogens (tertiary/aromatic N) is 1. The van der Waals surface area contributed by atoms with E-state index in [-0.39, 0.29) is 6.54 Å². The molecular weight excluding hydrogens is 315 g/mol. The first-order valence-corrected chi connectivity index (χ1v) is 7.17. The van der Waals surface area contributed by atoms with E-state index < -0.39 is 17.1 Å². The van der Waals surface area contributed by atoms with Gasteiger partial charge in [0, 0.05) is 16.3 Å². The maximum absolute atomic E-state index is 13.5. The average molecular weight is 330 g/mol. The molecule has 0 amide bonds. The lowest BCUT2D eigenvalue weighted by Crippen LogP contribution is -2.31. The Hall–Kier alpha value is -3.09. The summed E-state index contributed by atoms with van der Waals surface area (Å²) < 4.78 is 25.4. The molecule has 3 aromatic rings. The minimum absolute atomic E-state index is 0.0247. The van der Waals surface area contributed by atoms with Crippen LogP contribution in [0.2, 0.25) is 0 Å². The van der Waals surface area contributed by atoms with Crippen molar-refractivity contribution in [1.29, 1.82) is 0 Å². The van der Waals surface area contributed by atoms with Gasteiger partial charge in [-0.1, -0.05) is 24.3 Å². The Kier molecular flexibility index (Phi) is 4.07. The van der Waals surface area contributed by atoms with Crippen molar-refractivity contribution in [3.8, 4) is 11.5 Å². The van der Waals surface area contributed by atoms with Gasteiger partial charge in [0.1, 0.15) is 11.5 Å². The van der Waals surface area contributed by atoms with Crippen molar-refractivity contribution in [2.75, 3.05) is 14.2 Å². The summed E-state index contributed by atoms with van der Waals surface area (Å²) in [5.74, 6) is 0.144. The third kappa shape index (κ3) is 2.64. The summed E-state index contributed by atoms with van der Waals surface area (Å²) >= 11 is 0. The van der Waals surface area contributed by atoms with Gasteiger partial charge in [-0.2, -0.15) is 4.39 Å². The number of hydrogen-bond acceptors (Lipinski definition) is 4. The summed E-state index contributed by atoms with van der Waals surface area (Å²) in [6.07, 6.45) is 0.877. The first-order chi connectivity index (χ1) is 11.5. The number of rotatable bonds is 4. The first kappa shape index (κ1) is 15.8.